The van der Waals surface area contributed by atoms with Crippen LogP contribution in [-0.4, -0.2) is 67.4 Å². The number of aromatic nitrogens is 6. The number of benzene rings is 1. The number of nitrogens with one attached hydrogen (secondary N) is 2. The van der Waals surface area contributed by atoms with Gasteiger partial charge in [-0.05, 0) is 23.8 Å². The Bertz CT molecular complexity index is 1730. The number of hydrogen-bond donors (Lipinski definition) is 2. The molecular weight excluding hydrogens is 563 g/mol. The van der Waals surface area contributed by atoms with Crippen molar-refractivity contribution >= 4 is 45.7 Å². The third-order valence-corrected chi connectivity index (χ3v) is 7.10. The second-order valence-electron chi connectivity index (χ2n) is 9.50. The van der Waals surface area contributed by atoms with E-state index in [0.717, 1.165) is 6.07 Å². The molecule has 1 saturated heterocycles. The van der Waals surface area contributed by atoms with Gasteiger partial charge in [-0.25, -0.2) is 14.5 Å². The average molecular weight is 588 g/mol. The Hall–Kier alpha value is -4.14. The standard InChI is InChI=1S/C26H25ClF3N9O2/c1-31-21-14-39-18(10-32-21)19(12-34-39)41-20-11-33-24-23(22(20)27)37(2)25(36-24)35-17-8-15(7-16(9-17)26(28,29)30)13-38-3-5-40-6-4-38/h7-12,14,31H,3-6,13H2,1-2H3,(H,33,35,36). The molecule has 4 aromatic heterocycles. The third kappa shape index (κ3) is 5.45. The third-order valence-electron chi connectivity index (χ3n) is 6.74. The SMILES string of the molecule is CNc1cn2ncc(Oc3cnc4nc(Nc5cc(CN6CCOCC6)cc(C(F)(F)F)c5)n(C)c4c3Cl)c2cn1. The molecule has 1 aromatic carbocycles. The molecule has 1 aliphatic rings. The normalized spacial score (nSPS) is 14.6. The van der Waals surface area contributed by atoms with E-state index in [1.54, 1.807) is 41.6 Å². The Labute approximate surface area is 236 Å². The van der Waals surface area contributed by atoms with Crippen LogP contribution >= 0.6 is 11.6 Å². The zero-order valence-corrected chi connectivity index (χ0v) is 22.8. The number of rotatable bonds is 7. The van der Waals surface area contributed by atoms with E-state index in [1.165, 1.54) is 18.5 Å². The summed E-state index contributed by atoms with van der Waals surface area (Å²) in [5, 5.41) is 10.5. The number of ether oxygens (including phenoxy) is 2. The Morgan fingerprint density at radius 1 is 1.07 bits per heavy atom. The van der Waals surface area contributed by atoms with Crippen LogP contribution in [0.1, 0.15) is 11.1 Å². The van der Waals surface area contributed by atoms with Crippen LogP contribution in [0.5, 0.6) is 11.5 Å². The summed E-state index contributed by atoms with van der Waals surface area (Å²) < 4.78 is 55.9. The minimum absolute atomic E-state index is 0.231. The Kier molecular flexibility index (Phi) is 7.05. The van der Waals surface area contributed by atoms with Crippen molar-refractivity contribution in [2.75, 3.05) is 44.0 Å². The summed E-state index contributed by atoms with van der Waals surface area (Å²) >= 11 is 6.73. The van der Waals surface area contributed by atoms with Crippen LogP contribution in [0.4, 0.5) is 30.6 Å². The molecule has 0 spiro atoms. The molecule has 0 radical (unpaired) electrons. The first-order valence-electron chi connectivity index (χ1n) is 12.7. The lowest BCUT2D eigenvalue weighted by Crippen LogP contribution is -2.35. The molecule has 0 atom stereocenters. The van der Waals surface area contributed by atoms with Gasteiger partial charge < -0.3 is 24.7 Å². The second kappa shape index (κ2) is 10.7. The fraction of sp³-hybridized carbons (Fsp3) is 0.308. The van der Waals surface area contributed by atoms with E-state index in [4.69, 9.17) is 21.1 Å². The minimum Gasteiger partial charge on any atom is -0.450 e. The van der Waals surface area contributed by atoms with E-state index in [1.807, 2.05) is 0 Å². The predicted molar refractivity (Wildman–Crippen MR) is 147 cm³/mol. The predicted octanol–water partition coefficient (Wildman–Crippen LogP) is 5.09. The number of hydrogen-bond acceptors (Lipinski definition) is 9. The summed E-state index contributed by atoms with van der Waals surface area (Å²) in [6, 6.07) is 3.92. The van der Waals surface area contributed by atoms with Gasteiger partial charge in [0.2, 0.25) is 5.95 Å². The number of pyridine rings is 1. The fourth-order valence-corrected chi connectivity index (χ4v) is 4.95. The molecule has 0 aliphatic carbocycles. The summed E-state index contributed by atoms with van der Waals surface area (Å²) in [5.74, 6) is 1.58. The fourth-order valence-electron chi connectivity index (χ4n) is 4.65. The van der Waals surface area contributed by atoms with E-state index >= 15 is 0 Å². The number of imidazole rings is 1. The number of alkyl halides is 3. The van der Waals surface area contributed by atoms with Gasteiger partial charge >= 0.3 is 6.18 Å². The zero-order chi connectivity index (χ0) is 28.7. The number of anilines is 3. The minimum atomic E-state index is -4.51. The van der Waals surface area contributed by atoms with Crippen molar-refractivity contribution < 1.29 is 22.6 Å². The lowest BCUT2D eigenvalue weighted by molar-refractivity contribution is -0.137. The molecule has 5 heterocycles. The summed E-state index contributed by atoms with van der Waals surface area (Å²) in [6.07, 6.45) is 1.79. The molecule has 41 heavy (non-hydrogen) atoms. The van der Waals surface area contributed by atoms with Crippen molar-refractivity contribution in [1.29, 1.82) is 0 Å². The van der Waals surface area contributed by atoms with E-state index in [-0.39, 0.29) is 22.4 Å². The van der Waals surface area contributed by atoms with Crippen molar-refractivity contribution in [1.82, 2.24) is 34.0 Å². The van der Waals surface area contributed by atoms with Gasteiger partial charge in [0.25, 0.3) is 0 Å². The van der Waals surface area contributed by atoms with Crippen LogP contribution in [0, 0.1) is 0 Å². The van der Waals surface area contributed by atoms with Crippen LogP contribution in [0.15, 0.2) is 43.0 Å². The van der Waals surface area contributed by atoms with Crippen LogP contribution in [-0.2, 0) is 24.5 Å². The second-order valence-corrected chi connectivity index (χ2v) is 9.87. The van der Waals surface area contributed by atoms with Crippen molar-refractivity contribution in [2.45, 2.75) is 12.7 Å². The molecular formula is C26H25ClF3N9O2. The summed E-state index contributed by atoms with van der Waals surface area (Å²) in [7, 11) is 3.44. The van der Waals surface area contributed by atoms with Crippen LogP contribution in [0.25, 0.3) is 16.7 Å². The van der Waals surface area contributed by atoms with E-state index in [9.17, 15) is 13.2 Å². The van der Waals surface area contributed by atoms with Gasteiger partial charge in [0, 0.05) is 39.4 Å². The van der Waals surface area contributed by atoms with Crippen molar-refractivity contribution in [3.63, 3.8) is 0 Å². The highest BCUT2D eigenvalue weighted by molar-refractivity contribution is 6.36. The maximum absolute atomic E-state index is 13.8. The first-order valence-corrected chi connectivity index (χ1v) is 13.1. The molecule has 1 fully saturated rings. The van der Waals surface area contributed by atoms with Crippen molar-refractivity contribution in [2.24, 2.45) is 7.05 Å². The zero-order valence-electron chi connectivity index (χ0n) is 22.0. The maximum atomic E-state index is 13.8. The molecule has 15 heteroatoms. The number of halogens is 4. The van der Waals surface area contributed by atoms with Crippen molar-refractivity contribution in [3.05, 3.63) is 59.1 Å². The summed E-state index contributed by atoms with van der Waals surface area (Å²) in [5.41, 5.74) is 1.38. The monoisotopic (exact) mass is 587 g/mol. The molecule has 0 saturated carbocycles. The number of aryl methyl sites for hydroxylation is 1. The van der Waals surface area contributed by atoms with Crippen LogP contribution in [0.2, 0.25) is 5.02 Å². The van der Waals surface area contributed by atoms with Gasteiger partial charge in [-0.2, -0.15) is 23.3 Å². The van der Waals surface area contributed by atoms with Crippen LogP contribution in [0.3, 0.4) is 0 Å². The van der Waals surface area contributed by atoms with E-state index in [2.05, 4.69) is 35.6 Å². The topological polar surface area (TPSA) is 107 Å². The number of nitrogens with zero attached hydrogens (tertiary/aromatic N) is 7. The van der Waals surface area contributed by atoms with Gasteiger partial charge in [0.05, 0.1) is 43.6 Å². The largest absolute Gasteiger partial charge is 0.450 e. The Balaban J connectivity index is 1.30. The Morgan fingerprint density at radius 2 is 1.88 bits per heavy atom. The van der Waals surface area contributed by atoms with Gasteiger partial charge in [-0.1, -0.05) is 11.6 Å². The van der Waals surface area contributed by atoms with Crippen molar-refractivity contribution in [3.8, 4) is 11.5 Å². The average Bonchev–Trinajstić information content (AvgIpc) is 3.50. The molecule has 11 nitrogen and oxygen atoms in total. The highest BCUT2D eigenvalue weighted by Crippen LogP contribution is 2.38. The molecule has 1 aliphatic heterocycles. The summed E-state index contributed by atoms with van der Waals surface area (Å²) in [6.45, 7) is 2.78. The first kappa shape index (κ1) is 27.1. The maximum Gasteiger partial charge on any atom is 0.416 e. The first-order chi connectivity index (χ1) is 19.7. The molecule has 5 aromatic rings. The molecule has 6 rings (SSSR count). The lowest BCUT2D eigenvalue weighted by Gasteiger charge is -2.27. The van der Waals surface area contributed by atoms with E-state index < -0.39 is 11.7 Å². The van der Waals surface area contributed by atoms with Gasteiger partial charge in [-0.3, -0.25) is 4.90 Å². The molecule has 0 unspecified atom stereocenters. The molecule has 0 bridgehead atoms. The Morgan fingerprint density at radius 3 is 2.63 bits per heavy atom. The quantitative estimate of drug-likeness (QED) is 0.269. The van der Waals surface area contributed by atoms with Gasteiger partial charge in [0.15, 0.2) is 17.1 Å². The molecule has 0 amide bonds. The van der Waals surface area contributed by atoms with Gasteiger partial charge in [-0.15, -0.1) is 0 Å². The smallest absolute Gasteiger partial charge is 0.416 e. The highest BCUT2D eigenvalue weighted by atomic mass is 35.5. The lowest BCUT2D eigenvalue weighted by atomic mass is 10.1. The number of morpholine rings is 1. The molecule has 2 N–H and O–H groups in total. The van der Waals surface area contributed by atoms with Crippen LogP contribution < -0.4 is 15.4 Å². The highest BCUT2D eigenvalue weighted by Gasteiger charge is 2.31. The summed E-state index contributed by atoms with van der Waals surface area (Å²) in [4.78, 5) is 15.2. The van der Waals surface area contributed by atoms with E-state index in [0.29, 0.717) is 66.7 Å². The number of fused-ring (bicyclic) bond motifs is 2. The van der Waals surface area contributed by atoms with Gasteiger partial charge in [0.1, 0.15) is 21.9 Å². The molecule has 214 valence electrons.